The third-order valence-electron chi connectivity index (χ3n) is 1.89. The highest BCUT2D eigenvalue weighted by Crippen LogP contribution is 2.15. The van der Waals surface area contributed by atoms with Crippen LogP contribution in [0.1, 0.15) is 6.42 Å². The van der Waals surface area contributed by atoms with Crippen molar-refractivity contribution in [1.29, 1.82) is 0 Å². The molecule has 0 bridgehead atoms. The Morgan fingerprint density at radius 1 is 1.35 bits per heavy atom. The molecule has 0 saturated carbocycles. The zero-order valence-corrected chi connectivity index (χ0v) is 9.84. The average Bonchev–Trinajstić information content (AvgIpc) is 2.82. The van der Waals surface area contributed by atoms with E-state index < -0.39 is 0 Å². The van der Waals surface area contributed by atoms with Crippen molar-refractivity contribution in [2.75, 3.05) is 18.1 Å². The fraction of sp³-hybridized carbons (Fsp3) is 0.333. The average molecular weight is 252 g/mol. The summed E-state index contributed by atoms with van der Waals surface area (Å²) in [5.74, 6) is 1.36. The molecule has 0 fully saturated rings. The van der Waals surface area contributed by atoms with Gasteiger partial charge in [0, 0.05) is 24.8 Å². The van der Waals surface area contributed by atoms with Crippen molar-refractivity contribution >= 4 is 17.7 Å². The fourth-order valence-corrected chi connectivity index (χ4v) is 1.91. The van der Waals surface area contributed by atoms with Gasteiger partial charge in [-0.1, -0.05) is 11.8 Å². The number of nitrogens with two attached hydrogens (primary N) is 1. The lowest BCUT2D eigenvalue weighted by molar-refractivity contribution is 0.296. The van der Waals surface area contributed by atoms with Gasteiger partial charge < -0.3 is 10.8 Å². The lowest BCUT2D eigenvalue weighted by Crippen LogP contribution is -2.06. The van der Waals surface area contributed by atoms with Crippen LogP contribution in [0.4, 0.5) is 5.95 Å². The maximum atomic E-state index is 8.70. The van der Waals surface area contributed by atoms with Gasteiger partial charge in [-0.05, 0) is 6.42 Å². The summed E-state index contributed by atoms with van der Waals surface area (Å²) in [6.07, 6.45) is 5.66. The number of hydrogen-bond acceptors (Lipinski definition) is 7. The molecule has 2 aromatic rings. The van der Waals surface area contributed by atoms with E-state index in [0.29, 0.717) is 17.5 Å². The van der Waals surface area contributed by atoms with Gasteiger partial charge in [-0.3, -0.25) is 4.57 Å². The van der Waals surface area contributed by atoms with Crippen molar-refractivity contribution < 1.29 is 5.11 Å². The molecule has 3 N–H and O–H groups in total. The highest BCUT2D eigenvalue weighted by molar-refractivity contribution is 7.99. The molecule has 2 rings (SSSR count). The molecule has 0 aliphatic rings. The normalized spacial score (nSPS) is 10.6. The Labute approximate surface area is 102 Å². The minimum Gasteiger partial charge on any atom is -0.396 e. The molecule has 0 atom stereocenters. The Balaban J connectivity index is 2.18. The van der Waals surface area contributed by atoms with Crippen LogP contribution in [-0.4, -0.2) is 42.0 Å². The van der Waals surface area contributed by atoms with E-state index in [0.717, 1.165) is 5.75 Å². The third-order valence-corrected chi connectivity index (χ3v) is 2.82. The molecule has 17 heavy (non-hydrogen) atoms. The summed E-state index contributed by atoms with van der Waals surface area (Å²) in [6, 6.07) is 0. The molecule has 0 saturated heterocycles. The maximum absolute atomic E-state index is 8.70. The smallest absolute Gasteiger partial charge is 0.240 e. The van der Waals surface area contributed by atoms with Gasteiger partial charge in [-0.25, -0.2) is 4.98 Å². The van der Waals surface area contributed by atoms with Crippen molar-refractivity contribution in [2.24, 2.45) is 0 Å². The number of aliphatic hydroxyl groups excluding tert-OH is 1. The maximum Gasteiger partial charge on any atom is 0.240 e. The molecule has 0 amide bonds. The molecule has 2 aromatic heterocycles. The first-order valence-corrected chi connectivity index (χ1v) is 6.01. The van der Waals surface area contributed by atoms with Gasteiger partial charge in [-0.15, -0.1) is 0 Å². The SMILES string of the molecule is Nc1nc(SCCCO)nc(-n2ccnc2)n1. The quantitative estimate of drug-likeness (QED) is 0.575. The molecular formula is C9H12N6OS. The lowest BCUT2D eigenvalue weighted by Gasteiger charge is -2.04. The topological polar surface area (TPSA) is 103 Å². The summed E-state index contributed by atoms with van der Waals surface area (Å²) in [4.78, 5) is 16.2. The number of hydrogen-bond donors (Lipinski definition) is 2. The highest BCUT2D eigenvalue weighted by Gasteiger charge is 2.06. The van der Waals surface area contributed by atoms with E-state index in [1.807, 2.05) is 0 Å². The minimum absolute atomic E-state index is 0.155. The standard InChI is InChI=1S/C9H12N6OS/c10-7-12-8(15-3-2-11-6-15)14-9(13-7)17-5-1-4-16/h2-3,6,16H,1,4-5H2,(H2,10,12,13,14). The van der Waals surface area contributed by atoms with E-state index in [1.165, 1.54) is 11.8 Å². The number of aliphatic hydroxyl groups is 1. The van der Waals surface area contributed by atoms with Crippen LogP contribution in [0.25, 0.3) is 5.95 Å². The Bertz CT molecular complexity index is 474. The first-order valence-electron chi connectivity index (χ1n) is 5.03. The van der Waals surface area contributed by atoms with E-state index in [9.17, 15) is 0 Å². The second-order valence-electron chi connectivity index (χ2n) is 3.17. The lowest BCUT2D eigenvalue weighted by atomic mass is 10.5. The van der Waals surface area contributed by atoms with E-state index in [-0.39, 0.29) is 12.6 Å². The van der Waals surface area contributed by atoms with Crippen molar-refractivity contribution in [3.63, 3.8) is 0 Å². The summed E-state index contributed by atoms with van der Waals surface area (Å²) in [6.45, 7) is 0.155. The third kappa shape index (κ3) is 3.14. The number of nitrogen functional groups attached to an aromatic ring is 1. The Morgan fingerprint density at radius 3 is 2.94 bits per heavy atom. The predicted octanol–water partition coefficient (Wildman–Crippen LogP) is 0.114. The molecule has 0 aliphatic heterocycles. The van der Waals surface area contributed by atoms with Gasteiger partial charge in [0.25, 0.3) is 0 Å². The zero-order valence-electron chi connectivity index (χ0n) is 9.02. The predicted molar refractivity (Wildman–Crippen MR) is 63.8 cm³/mol. The first-order chi connectivity index (χ1) is 8.29. The molecular weight excluding hydrogens is 240 g/mol. The molecule has 0 unspecified atom stereocenters. The van der Waals surface area contributed by atoms with Crippen molar-refractivity contribution in [3.8, 4) is 5.95 Å². The number of imidazole rings is 1. The summed E-state index contributed by atoms with van der Waals surface area (Å²) in [7, 11) is 0. The van der Waals surface area contributed by atoms with Gasteiger partial charge in [0.2, 0.25) is 11.9 Å². The van der Waals surface area contributed by atoms with Gasteiger partial charge in [0.1, 0.15) is 6.33 Å². The van der Waals surface area contributed by atoms with Crippen LogP contribution >= 0.6 is 11.8 Å². The van der Waals surface area contributed by atoms with E-state index in [1.54, 1.807) is 23.3 Å². The van der Waals surface area contributed by atoms with Crippen molar-refractivity contribution in [2.45, 2.75) is 11.6 Å². The highest BCUT2D eigenvalue weighted by atomic mass is 32.2. The van der Waals surface area contributed by atoms with Crippen LogP contribution in [0.3, 0.4) is 0 Å². The van der Waals surface area contributed by atoms with Crippen molar-refractivity contribution in [1.82, 2.24) is 24.5 Å². The minimum atomic E-state index is 0.155. The number of anilines is 1. The van der Waals surface area contributed by atoms with Gasteiger partial charge >= 0.3 is 0 Å². The molecule has 0 spiro atoms. The number of thioether (sulfide) groups is 1. The number of rotatable bonds is 5. The monoisotopic (exact) mass is 252 g/mol. The zero-order chi connectivity index (χ0) is 12.1. The summed E-state index contributed by atoms with van der Waals surface area (Å²) < 4.78 is 1.66. The number of nitrogens with zero attached hydrogens (tertiary/aromatic N) is 5. The van der Waals surface area contributed by atoms with Gasteiger partial charge in [0.05, 0.1) is 0 Å². The Kier molecular flexibility index (Phi) is 3.89. The molecule has 0 aromatic carbocycles. The number of aromatic nitrogens is 5. The molecule has 90 valence electrons. The van der Waals surface area contributed by atoms with E-state index >= 15 is 0 Å². The van der Waals surface area contributed by atoms with Gasteiger partial charge in [-0.2, -0.15) is 15.0 Å². The Hall–Kier alpha value is -1.67. The molecule has 2 heterocycles. The fourth-order valence-electron chi connectivity index (χ4n) is 1.15. The summed E-state index contributed by atoms with van der Waals surface area (Å²) in [5.41, 5.74) is 5.61. The van der Waals surface area contributed by atoms with Crippen LogP contribution < -0.4 is 5.73 Å². The first kappa shape index (κ1) is 11.8. The second kappa shape index (κ2) is 5.60. The molecule has 0 radical (unpaired) electrons. The summed E-state index contributed by atoms with van der Waals surface area (Å²) in [5, 5.41) is 9.25. The van der Waals surface area contributed by atoms with E-state index in [2.05, 4.69) is 19.9 Å². The van der Waals surface area contributed by atoms with Crippen LogP contribution in [-0.2, 0) is 0 Å². The van der Waals surface area contributed by atoms with Crippen molar-refractivity contribution in [3.05, 3.63) is 18.7 Å². The second-order valence-corrected chi connectivity index (χ2v) is 4.23. The molecule has 7 nitrogen and oxygen atoms in total. The van der Waals surface area contributed by atoms with Crippen LogP contribution in [0, 0.1) is 0 Å². The summed E-state index contributed by atoms with van der Waals surface area (Å²) >= 11 is 1.43. The molecule has 0 aliphatic carbocycles. The van der Waals surface area contributed by atoms with E-state index in [4.69, 9.17) is 10.8 Å². The Morgan fingerprint density at radius 2 is 2.24 bits per heavy atom. The largest absolute Gasteiger partial charge is 0.396 e. The van der Waals surface area contributed by atoms with Crippen LogP contribution in [0.2, 0.25) is 0 Å². The van der Waals surface area contributed by atoms with Crippen LogP contribution in [0.5, 0.6) is 0 Å². The molecule has 8 heteroatoms. The van der Waals surface area contributed by atoms with Gasteiger partial charge in [0.15, 0.2) is 5.16 Å². The van der Waals surface area contributed by atoms with Crippen LogP contribution in [0.15, 0.2) is 23.9 Å².